The molecule has 0 unspecified atom stereocenters. The number of anilines is 6. The Morgan fingerprint density at radius 3 is 0.538 bits per heavy atom. The topological polar surface area (TPSA) is 423 Å². The molecule has 9 aromatic rings. The van der Waals surface area contributed by atoms with Crippen molar-refractivity contribution in [2.45, 2.75) is 145 Å². The highest BCUT2D eigenvalue weighted by Crippen LogP contribution is 2.27. The molecule has 30 nitrogen and oxygen atoms in total. The summed E-state index contributed by atoms with van der Waals surface area (Å²) in [5.74, 6) is -6.13. The second-order valence-electron chi connectivity index (χ2n) is 31.4. The third kappa shape index (κ3) is 29.0. The number of rotatable bonds is 27. The van der Waals surface area contributed by atoms with Gasteiger partial charge in [0.05, 0.1) is 5.56 Å². The van der Waals surface area contributed by atoms with Gasteiger partial charge in [-0.25, -0.2) is 24.0 Å². The Bertz CT molecular complexity index is 4750. The van der Waals surface area contributed by atoms with Crippen LogP contribution in [0.2, 0.25) is 0 Å². The van der Waals surface area contributed by atoms with Crippen LogP contribution in [0.4, 0.5) is 53.3 Å². The van der Waals surface area contributed by atoms with Gasteiger partial charge in [0.25, 0.3) is 47.3 Å². The maximum atomic E-state index is 14.0. The minimum absolute atomic E-state index is 0.0178. The molecule has 30 heteroatoms. The van der Waals surface area contributed by atoms with Crippen molar-refractivity contribution in [3.63, 3.8) is 0 Å². The number of aromatic carboxylic acids is 1. The van der Waals surface area contributed by atoms with Gasteiger partial charge < -0.3 is 87.9 Å². The predicted molar refractivity (Wildman–Crippen MR) is 447 cm³/mol. The fourth-order valence-electron chi connectivity index (χ4n) is 11.1. The standard InChI is InChI=1S/C89H94N12O18/c1-86(2,3)116-82(112)92-48-54-17-29-60(30-18-54)75(104)96-67-37-64(38-68(43-67)97-76(105)61-31-19-55(20-32-61)49-93-83(113)117-87(4,5)6)73(102)90-46-52-13-25-58(26-14-52)79(108)100-71-41-66(81(110)111)42-72(45-71)101-80(109)59-27-15-53(16-28-59)47-91-74(103)65-39-69(98-77(106)62-33-21-56(22-34-62)50-94-84(114)118-88(7,8)9)44-70(40-65)99-78(107)63-35-23-57(24-36-63)51-95-85(115)119-89(10,11)12/h13-45H,46-51H2,1-12H3,(H,90,102)(H,91,103)(H,92,112)(H,93,113)(H,94,114)(H,95,115)(H,96,104)(H,97,105)(H,98,106)(H,99,107)(H,100,108)(H,101,109)(H,110,111). The highest BCUT2D eigenvalue weighted by atomic mass is 16.6. The summed E-state index contributed by atoms with van der Waals surface area (Å²) < 4.78 is 21.2. The Morgan fingerprint density at radius 2 is 0.378 bits per heavy atom. The smallest absolute Gasteiger partial charge is 0.407 e. The van der Waals surface area contributed by atoms with Gasteiger partial charge in [-0.05, 0) is 244 Å². The van der Waals surface area contributed by atoms with E-state index >= 15 is 0 Å². The average molecular weight is 1620 g/mol. The molecule has 0 aliphatic carbocycles. The van der Waals surface area contributed by atoms with Crippen LogP contribution in [0.15, 0.2) is 200 Å². The van der Waals surface area contributed by atoms with Gasteiger partial charge in [-0.15, -0.1) is 0 Å². The monoisotopic (exact) mass is 1620 g/mol. The van der Waals surface area contributed by atoms with Crippen molar-refractivity contribution in [2.24, 2.45) is 0 Å². The lowest BCUT2D eigenvalue weighted by molar-refractivity contribution is 0.0512. The first-order valence-corrected chi connectivity index (χ1v) is 37.6. The summed E-state index contributed by atoms with van der Waals surface area (Å²) in [6, 6.07) is 50.3. The summed E-state index contributed by atoms with van der Waals surface area (Å²) in [5.41, 5.74) is 2.65. The highest BCUT2D eigenvalue weighted by Gasteiger charge is 2.24. The molecule has 0 spiro atoms. The van der Waals surface area contributed by atoms with Crippen LogP contribution < -0.4 is 63.8 Å². The molecule has 0 atom stereocenters. The second-order valence-corrected chi connectivity index (χ2v) is 31.4. The molecule has 0 bridgehead atoms. The normalized spacial score (nSPS) is 11.2. The first-order valence-electron chi connectivity index (χ1n) is 37.6. The molecule has 0 heterocycles. The molecule has 13 N–H and O–H groups in total. The number of carbonyl (C=O) groups excluding carboxylic acids is 12. The molecule has 0 aliphatic heterocycles. The first-order chi connectivity index (χ1) is 56.1. The minimum Gasteiger partial charge on any atom is -0.478 e. The fraction of sp³-hybridized carbons (Fsp3) is 0.247. The fourth-order valence-corrected chi connectivity index (χ4v) is 11.1. The van der Waals surface area contributed by atoms with Gasteiger partial charge in [0, 0.05) is 118 Å². The van der Waals surface area contributed by atoms with Crippen LogP contribution in [0.25, 0.3) is 0 Å². The lowest BCUT2D eigenvalue weighted by Crippen LogP contribution is -2.32. The maximum Gasteiger partial charge on any atom is 0.407 e. The third-order valence-corrected chi connectivity index (χ3v) is 16.7. The van der Waals surface area contributed by atoms with Crippen molar-refractivity contribution in [3.05, 3.63) is 284 Å². The zero-order valence-corrected chi connectivity index (χ0v) is 67.7. The number of hydrogen-bond donors (Lipinski definition) is 13. The average Bonchev–Trinajstić information content (AvgIpc) is 0.837. The Hall–Kier alpha value is -14.7. The quantitative estimate of drug-likeness (QED) is 0.0213. The number of nitrogens with one attached hydrogen (secondary N) is 12. The summed E-state index contributed by atoms with van der Waals surface area (Å²) in [5, 5.41) is 43.0. The van der Waals surface area contributed by atoms with E-state index in [0.29, 0.717) is 33.4 Å². The van der Waals surface area contributed by atoms with E-state index in [-0.39, 0.29) is 123 Å². The largest absolute Gasteiger partial charge is 0.478 e. The molecule has 9 aromatic carbocycles. The van der Waals surface area contributed by atoms with Gasteiger partial charge in [0.2, 0.25) is 0 Å². The number of carbonyl (C=O) groups is 13. The van der Waals surface area contributed by atoms with Crippen LogP contribution in [-0.4, -0.2) is 105 Å². The van der Waals surface area contributed by atoms with Crippen molar-refractivity contribution in [3.8, 4) is 0 Å². The van der Waals surface area contributed by atoms with E-state index < -0.39 is 100 Å². The number of alkyl carbamates (subject to hydrolysis) is 4. The molecular formula is C89H94N12O18. The Labute approximate surface area is 687 Å². The van der Waals surface area contributed by atoms with Gasteiger partial charge in [0.15, 0.2) is 0 Å². The lowest BCUT2D eigenvalue weighted by atomic mass is 10.1. The molecule has 119 heavy (non-hydrogen) atoms. The number of ether oxygens (including phenoxy) is 4. The molecule has 618 valence electrons. The van der Waals surface area contributed by atoms with Crippen molar-refractivity contribution in [2.75, 3.05) is 31.9 Å². The number of carboxylic acids is 1. The Kier molecular flexibility index (Phi) is 29.0. The number of amides is 12. The molecule has 0 saturated carbocycles. The van der Waals surface area contributed by atoms with Crippen LogP contribution in [0.3, 0.4) is 0 Å². The molecule has 0 saturated heterocycles. The van der Waals surface area contributed by atoms with Crippen LogP contribution in [-0.2, 0) is 58.2 Å². The Balaban J connectivity index is 0.820. The van der Waals surface area contributed by atoms with Gasteiger partial charge in [-0.1, -0.05) is 72.8 Å². The van der Waals surface area contributed by atoms with E-state index in [1.165, 1.54) is 78.9 Å². The van der Waals surface area contributed by atoms with E-state index in [1.54, 1.807) is 204 Å². The number of benzene rings is 9. The number of carboxylic acid groups (broad SMARTS) is 1. The van der Waals surface area contributed by atoms with Gasteiger partial charge in [0.1, 0.15) is 22.4 Å². The van der Waals surface area contributed by atoms with Crippen LogP contribution >= 0.6 is 0 Å². The van der Waals surface area contributed by atoms with Gasteiger partial charge in [-0.2, -0.15) is 0 Å². The van der Waals surface area contributed by atoms with Crippen molar-refractivity contribution < 1.29 is 86.4 Å². The van der Waals surface area contributed by atoms with E-state index in [0.717, 1.165) is 0 Å². The first kappa shape index (κ1) is 88.2. The van der Waals surface area contributed by atoms with E-state index in [2.05, 4.69) is 63.8 Å². The van der Waals surface area contributed by atoms with E-state index in [4.69, 9.17) is 18.9 Å². The molecule has 12 amide bonds. The van der Waals surface area contributed by atoms with Gasteiger partial charge >= 0.3 is 30.3 Å². The third-order valence-electron chi connectivity index (χ3n) is 16.7. The van der Waals surface area contributed by atoms with Gasteiger partial charge in [-0.3, -0.25) is 38.4 Å². The van der Waals surface area contributed by atoms with Crippen LogP contribution in [0.5, 0.6) is 0 Å². The zero-order valence-electron chi connectivity index (χ0n) is 67.7. The summed E-state index contributed by atoms with van der Waals surface area (Å²) in [7, 11) is 0. The van der Waals surface area contributed by atoms with E-state index in [1.807, 2.05) is 0 Å². The molecule has 0 aliphatic rings. The lowest BCUT2D eigenvalue weighted by Gasteiger charge is -2.19. The molecular weight excluding hydrogens is 1530 g/mol. The van der Waals surface area contributed by atoms with Crippen molar-refractivity contribution in [1.29, 1.82) is 0 Å². The van der Waals surface area contributed by atoms with E-state index in [9.17, 15) is 67.4 Å². The summed E-state index contributed by atoms with van der Waals surface area (Å²) in [6.07, 6.45) is -2.44. The molecule has 0 fully saturated rings. The van der Waals surface area contributed by atoms with Crippen LogP contribution in [0.1, 0.15) is 210 Å². The Morgan fingerprint density at radius 1 is 0.218 bits per heavy atom. The molecule has 0 radical (unpaired) electrons. The second kappa shape index (κ2) is 39.1. The SMILES string of the molecule is CC(C)(C)OC(=O)NCc1ccc(C(=O)Nc2cc(NC(=O)c3ccc(CNC(=O)OC(C)(C)C)cc3)cc(C(=O)NCc3ccc(C(=O)Nc4cc(NC(=O)c5ccc(CNC(=O)c6cc(NC(=O)c7ccc(CNC(=O)OC(C)(C)C)cc7)cc(NC(=O)c7ccc(CNC(=O)OC(C)(C)C)cc7)c6)cc5)cc(C(=O)O)c4)cc3)c2)cc1. The minimum atomic E-state index is -1.36. The maximum absolute atomic E-state index is 14.0. The zero-order chi connectivity index (χ0) is 86.5. The molecule has 0 aromatic heterocycles. The summed E-state index contributed by atoms with van der Waals surface area (Å²) in [4.78, 5) is 172. The number of hydrogen-bond acceptors (Lipinski definition) is 17. The van der Waals surface area contributed by atoms with Crippen molar-refractivity contribution in [1.82, 2.24) is 31.9 Å². The summed E-state index contributed by atoms with van der Waals surface area (Å²) in [6.45, 7) is 21.3. The predicted octanol–water partition coefficient (Wildman–Crippen LogP) is 14.9. The van der Waals surface area contributed by atoms with Crippen molar-refractivity contribution >= 4 is 112 Å². The summed E-state index contributed by atoms with van der Waals surface area (Å²) >= 11 is 0. The van der Waals surface area contributed by atoms with Crippen LogP contribution in [0, 0.1) is 0 Å². The molecule has 9 rings (SSSR count). The highest BCUT2D eigenvalue weighted by molar-refractivity contribution is 6.11.